The first-order chi connectivity index (χ1) is 9.96. The maximum absolute atomic E-state index is 13.7. The van der Waals surface area contributed by atoms with Crippen molar-refractivity contribution in [2.75, 3.05) is 6.54 Å². The van der Waals surface area contributed by atoms with Gasteiger partial charge in [-0.05, 0) is 48.9 Å². The Morgan fingerprint density at radius 3 is 2.62 bits per heavy atom. The summed E-state index contributed by atoms with van der Waals surface area (Å²) in [6.45, 7) is 4.33. The van der Waals surface area contributed by atoms with Crippen LogP contribution in [0.15, 0.2) is 18.2 Å². The minimum atomic E-state index is -0.476. The summed E-state index contributed by atoms with van der Waals surface area (Å²) in [4.78, 5) is 12.3. The van der Waals surface area contributed by atoms with Gasteiger partial charge in [0.1, 0.15) is 11.6 Å². The van der Waals surface area contributed by atoms with Gasteiger partial charge in [-0.1, -0.05) is 13.8 Å². The van der Waals surface area contributed by atoms with E-state index in [9.17, 15) is 13.6 Å². The SMILES string of the molecule is CCC(CC)(CN)NC(=O)C1CC1c1cc(F)ccc1F. The molecule has 0 heterocycles. The molecule has 0 radical (unpaired) electrons. The van der Waals surface area contributed by atoms with E-state index in [2.05, 4.69) is 5.32 Å². The Bertz CT molecular complexity index is 521. The van der Waals surface area contributed by atoms with E-state index in [0.717, 1.165) is 25.0 Å². The van der Waals surface area contributed by atoms with Crippen LogP contribution in [0.3, 0.4) is 0 Å². The Morgan fingerprint density at radius 2 is 2.05 bits per heavy atom. The molecule has 3 N–H and O–H groups in total. The van der Waals surface area contributed by atoms with E-state index in [1.54, 1.807) is 0 Å². The first-order valence-electron chi connectivity index (χ1n) is 7.43. The monoisotopic (exact) mass is 296 g/mol. The molecule has 21 heavy (non-hydrogen) atoms. The van der Waals surface area contributed by atoms with E-state index in [1.807, 2.05) is 13.8 Å². The van der Waals surface area contributed by atoms with Gasteiger partial charge in [0.05, 0.1) is 5.54 Å². The molecule has 0 saturated heterocycles. The fourth-order valence-corrected chi connectivity index (χ4v) is 2.75. The van der Waals surface area contributed by atoms with E-state index in [-0.39, 0.29) is 17.7 Å². The number of carbonyl (C=O) groups is 1. The highest BCUT2D eigenvalue weighted by atomic mass is 19.1. The number of benzene rings is 1. The summed E-state index contributed by atoms with van der Waals surface area (Å²) in [5.41, 5.74) is 5.66. The minimum absolute atomic E-state index is 0.113. The summed E-state index contributed by atoms with van der Waals surface area (Å²) in [7, 11) is 0. The molecule has 1 aromatic carbocycles. The number of rotatable bonds is 6. The molecule has 1 aliphatic carbocycles. The van der Waals surface area contributed by atoms with Gasteiger partial charge in [0.15, 0.2) is 0 Å². The zero-order valence-electron chi connectivity index (χ0n) is 12.5. The lowest BCUT2D eigenvalue weighted by Gasteiger charge is -2.31. The van der Waals surface area contributed by atoms with Crippen LogP contribution in [0.25, 0.3) is 0 Å². The molecule has 1 aromatic rings. The zero-order chi connectivity index (χ0) is 15.6. The Morgan fingerprint density at radius 1 is 1.38 bits per heavy atom. The lowest BCUT2D eigenvalue weighted by molar-refractivity contribution is -0.124. The molecule has 2 atom stereocenters. The Hall–Kier alpha value is -1.49. The molecule has 0 spiro atoms. The molecule has 116 valence electrons. The van der Waals surface area contributed by atoms with E-state index in [0.29, 0.717) is 18.5 Å². The van der Waals surface area contributed by atoms with Gasteiger partial charge in [0, 0.05) is 12.5 Å². The van der Waals surface area contributed by atoms with Crippen molar-refractivity contribution in [3.63, 3.8) is 0 Å². The van der Waals surface area contributed by atoms with Crippen molar-refractivity contribution < 1.29 is 13.6 Å². The Kier molecular flexibility index (Phi) is 4.61. The van der Waals surface area contributed by atoms with Crippen LogP contribution in [0.1, 0.15) is 44.6 Å². The van der Waals surface area contributed by atoms with Crippen molar-refractivity contribution in [1.29, 1.82) is 0 Å². The predicted octanol–water partition coefficient (Wildman–Crippen LogP) is 2.70. The van der Waals surface area contributed by atoms with Crippen LogP contribution in [-0.2, 0) is 4.79 Å². The van der Waals surface area contributed by atoms with Gasteiger partial charge in [0.25, 0.3) is 0 Å². The van der Waals surface area contributed by atoms with E-state index in [4.69, 9.17) is 5.73 Å². The van der Waals surface area contributed by atoms with Crippen LogP contribution < -0.4 is 11.1 Å². The van der Waals surface area contributed by atoms with Crippen molar-refractivity contribution in [2.45, 2.75) is 44.6 Å². The fraction of sp³-hybridized carbons (Fsp3) is 0.562. The first-order valence-corrected chi connectivity index (χ1v) is 7.43. The van der Waals surface area contributed by atoms with Gasteiger partial charge in [0.2, 0.25) is 5.91 Å². The highest BCUT2D eigenvalue weighted by molar-refractivity contribution is 5.83. The van der Waals surface area contributed by atoms with Crippen LogP contribution in [-0.4, -0.2) is 18.0 Å². The van der Waals surface area contributed by atoms with Gasteiger partial charge in [-0.3, -0.25) is 4.79 Å². The van der Waals surface area contributed by atoms with Crippen LogP contribution in [0.5, 0.6) is 0 Å². The molecule has 0 bridgehead atoms. The lowest BCUT2D eigenvalue weighted by Crippen LogP contribution is -2.53. The molecule has 3 nitrogen and oxygen atoms in total. The zero-order valence-corrected chi connectivity index (χ0v) is 12.5. The molecular weight excluding hydrogens is 274 g/mol. The summed E-state index contributed by atoms with van der Waals surface area (Å²) >= 11 is 0. The van der Waals surface area contributed by atoms with Gasteiger partial charge in [-0.25, -0.2) is 8.78 Å². The van der Waals surface area contributed by atoms with Gasteiger partial charge >= 0.3 is 0 Å². The summed E-state index contributed by atoms with van der Waals surface area (Å²) < 4.78 is 26.9. The Balaban J connectivity index is 2.06. The van der Waals surface area contributed by atoms with E-state index >= 15 is 0 Å². The quantitative estimate of drug-likeness (QED) is 0.848. The lowest BCUT2D eigenvalue weighted by atomic mass is 9.92. The van der Waals surface area contributed by atoms with Gasteiger partial charge < -0.3 is 11.1 Å². The smallest absolute Gasteiger partial charge is 0.224 e. The second kappa shape index (κ2) is 6.10. The second-order valence-electron chi connectivity index (χ2n) is 5.80. The summed E-state index contributed by atoms with van der Waals surface area (Å²) in [6.07, 6.45) is 2.05. The number of hydrogen-bond acceptors (Lipinski definition) is 2. The first kappa shape index (κ1) is 15.9. The van der Waals surface area contributed by atoms with Crippen molar-refractivity contribution in [2.24, 2.45) is 11.7 Å². The average Bonchev–Trinajstić information content (AvgIpc) is 3.28. The van der Waals surface area contributed by atoms with Crippen molar-refractivity contribution in [1.82, 2.24) is 5.32 Å². The fourth-order valence-electron chi connectivity index (χ4n) is 2.75. The molecular formula is C16H22F2N2O. The maximum atomic E-state index is 13.7. The minimum Gasteiger partial charge on any atom is -0.349 e. The van der Waals surface area contributed by atoms with Crippen molar-refractivity contribution in [3.05, 3.63) is 35.4 Å². The van der Waals surface area contributed by atoms with Crippen LogP contribution in [0.4, 0.5) is 8.78 Å². The van der Waals surface area contributed by atoms with Crippen LogP contribution >= 0.6 is 0 Å². The third-order valence-corrected chi connectivity index (χ3v) is 4.62. The summed E-state index contributed by atoms with van der Waals surface area (Å²) in [5.74, 6) is -1.56. The van der Waals surface area contributed by atoms with Gasteiger partial charge in [-0.15, -0.1) is 0 Å². The number of nitrogens with one attached hydrogen (secondary N) is 1. The van der Waals surface area contributed by atoms with E-state index in [1.165, 1.54) is 6.07 Å². The molecule has 1 amide bonds. The third-order valence-electron chi connectivity index (χ3n) is 4.62. The van der Waals surface area contributed by atoms with Crippen LogP contribution in [0, 0.1) is 17.6 Å². The third kappa shape index (κ3) is 3.23. The summed E-state index contributed by atoms with van der Waals surface area (Å²) in [6, 6.07) is 3.38. The number of hydrogen-bond donors (Lipinski definition) is 2. The highest BCUT2D eigenvalue weighted by Gasteiger charge is 2.46. The molecule has 1 fully saturated rings. The molecule has 5 heteroatoms. The second-order valence-corrected chi connectivity index (χ2v) is 5.80. The standard InChI is InChI=1S/C16H22F2N2O/c1-3-16(4-2,9-19)20-15(21)13-8-11(13)12-7-10(17)5-6-14(12)18/h5-7,11,13H,3-4,8-9,19H2,1-2H3,(H,20,21). The maximum Gasteiger partial charge on any atom is 0.224 e. The highest BCUT2D eigenvalue weighted by Crippen LogP contribution is 2.48. The average molecular weight is 296 g/mol. The van der Waals surface area contributed by atoms with Gasteiger partial charge in [-0.2, -0.15) is 0 Å². The summed E-state index contributed by atoms with van der Waals surface area (Å²) in [5, 5.41) is 3.00. The molecule has 2 rings (SSSR count). The topological polar surface area (TPSA) is 55.1 Å². The molecule has 0 aromatic heterocycles. The normalized spacial score (nSPS) is 21.2. The number of carbonyl (C=O) groups excluding carboxylic acids is 1. The van der Waals surface area contributed by atoms with Crippen molar-refractivity contribution in [3.8, 4) is 0 Å². The predicted molar refractivity (Wildman–Crippen MR) is 77.7 cm³/mol. The molecule has 1 aliphatic rings. The molecule has 1 saturated carbocycles. The van der Waals surface area contributed by atoms with Crippen LogP contribution in [0.2, 0.25) is 0 Å². The number of nitrogens with two attached hydrogens (primary N) is 1. The Labute approximate surface area is 123 Å². The number of amides is 1. The van der Waals surface area contributed by atoms with Crippen molar-refractivity contribution >= 4 is 5.91 Å². The largest absolute Gasteiger partial charge is 0.349 e. The number of halogens is 2. The molecule has 2 unspecified atom stereocenters. The van der Waals surface area contributed by atoms with E-state index < -0.39 is 17.2 Å². The molecule has 0 aliphatic heterocycles.